The van der Waals surface area contributed by atoms with E-state index < -0.39 is 29.0 Å². The van der Waals surface area contributed by atoms with Gasteiger partial charge in [-0.15, -0.1) is 0 Å². The van der Waals surface area contributed by atoms with Gasteiger partial charge in [0.25, 0.3) is 5.91 Å². The highest BCUT2D eigenvalue weighted by Gasteiger charge is 2.18. The molecule has 0 saturated heterocycles. The van der Waals surface area contributed by atoms with Crippen LogP contribution in [0.15, 0.2) is 16.8 Å². The fourth-order valence-electron chi connectivity index (χ4n) is 1.15. The quantitative estimate of drug-likeness (QED) is 0.792. The maximum absolute atomic E-state index is 13.2. The van der Waals surface area contributed by atoms with Gasteiger partial charge >= 0.3 is 0 Å². The number of nitrogen functional groups attached to an aromatic ring is 1. The number of carbonyl (C=O) groups is 1. The first-order chi connectivity index (χ1) is 8.49. The zero-order chi connectivity index (χ0) is 13.3. The largest absolute Gasteiger partial charge is 0.379 e. The maximum Gasteiger partial charge on any atom is 0.281 e. The van der Waals surface area contributed by atoms with Crippen LogP contribution in [0.4, 0.5) is 24.7 Å². The predicted molar refractivity (Wildman–Crippen MR) is 53.0 cm³/mol. The number of hydrogen-bond donors (Lipinski definition) is 2. The first-order valence-corrected chi connectivity index (χ1v) is 4.53. The number of nitrogens with one attached hydrogen (secondary N) is 1. The number of anilines is 2. The number of benzene rings is 1. The molecule has 1 heterocycles. The van der Waals surface area contributed by atoms with E-state index >= 15 is 0 Å². The van der Waals surface area contributed by atoms with Crippen molar-refractivity contribution in [2.24, 2.45) is 0 Å². The Bertz CT molecular complexity index is 614. The topological polar surface area (TPSA) is 94.0 Å². The third-order valence-corrected chi connectivity index (χ3v) is 1.99. The molecule has 0 unspecified atom stereocenters. The van der Waals surface area contributed by atoms with Gasteiger partial charge in [0.05, 0.1) is 5.69 Å². The molecule has 0 spiro atoms. The second-order valence-corrected chi connectivity index (χ2v) is 3.20. The second kappa shape index (κ2) is 4.35. The summed E-state index contributed by atoms with van der Waals surface area (Å²) >= 11 is 0. The van der Waals surface area contributed by atoms with E-state index in [1.54, 1.807) is 0 Å². The minimum absolute atomic E-state index is 0.301. The molecule has 0 atom stereocenters. The lowest BCUT2D eigenvalue weighted by atomic mass is 10.2. The Morgan fingerprint density at radius 3 is 2.44 bits per heavy atom. The summed E-state index contributed by atoms with van der Waals surface area (Å²) in [5, 5.41) is 8.26. The normalized spacial score (nSPS) is 10.4. The van der Waals surface area contributed by atoms with Gasteiger partial charge in [0.15, 0.2) is 11.6 Å². The molecule has 0 aliphatic heterocycles. The number of nitrogens with zero attached hydrogens (tertiary/aromatic N) is 2. The van der Waals surface area contributed by atoms with E-state index in [1.165, 1.54) is 0 Å². The zero-order valence-corrected chi connectivity index (χ0v) is 8.58. The third-order valence-electron chi connectivity index (χ3n) is 1.99. The average Bonchev–Trinajstić information content (AvgIpc) is 2.72. The number of amides is 1. The van der Waals surface area contributed by atoms with Crippen molar-refractivity contribution >= 4 is 17.4 Å². The number of nitrogens with two attached hydrogens (primary N) is 1. The molecule has 6 nitrogen and oxygen atoms in total. The number of carbonyl (C=O) groups excluding carboxylic acids is 1. The molecule has 1 aromatic carbocycles. The molecule has 9 heteroatoms. The molecule has 0 radical (unpaired) electrons. The second-order valence-electron chi connectivity index (χ2n) is 3.20. The number of rotatable bonds is 2. The highest BCUT2D eigenvalue weighted by atomic mass is 19.2. The van der Waals surface area contributed by atoms with Crippen molar-refractivity contribution in [3.63, 3.8) is 0 Å². The summed E-state index contributed by atoms with van der Waals surface area (Å²) in [6.07, 6.45) is 0. The van der Waals surface area contributed by atoms with Crippen LogP contribution in [-0.4, -0.2) is 16.2 Å². The van der Waals surface area contributed by atoms with E-state index in [0.717, 1.165) is 0 Å². The van der Waals surface area contributed by atoms with E-state index in [0.29, 0.717) is 12.1 Å². The Balaban J connectivity index is 2.28. The molecular formula is C9H5F3N4O2. The molecule has 18 heavy (non-hydrogen) atoms. The van der Waals surface area contributed by atoms with E-state index in [1.807, 2.05) is 5.32 Å². The fraction of sp³-hybridized carbons (Fsp3) is 0. The van der Waals surface area contributed by atoms with Crippen molar-refractivity contribution in [2.75, 3.05) is 11.1 Å². The molecule has 2 rings (SSSR count). The van der Waals surface area contributed by atoms with E-state index in [9.17, 15) is 18.0 Å². The predicted octanol–water partition coefficient (Wildman–Crippen LogP) is 1.32. The SMILES string of the molecule is Nc1nonc1C(=O)Nc1cc(F)c(F)cc1F. The first kappa shape index (κ1) is 11.9. The van der Waals surface area contributed by atoms with Crippen LogP contribution >= 0.6 is 0 Å². The highest BCUT2D eigenvalue weighted by Crippen LogP contribution is 2.19. The molecule has 2 aromatic rings. The Hall–Kier alpha value is -2.58. The molecule has 0 fully saturated rings. The molecule has 0 saturated carbocycles. The monoisotopic (exact) mass is 258 g/mol. The van der Waals surface area contributed by atoms with Gasteiger partial charge in [0, 0.05) is 12.1 Å². The van der Waals surface area contributed by atoms with Crippen LogP contribution in [0, 0.1) is 17.5 Å². The van der Waals surface area contributed by atoms with Crippen molar-refractivity contribution in [1.82, 2.24) is 10.3 Å². The highest BCUT2D eigenvalue weighted by molar-refractivity contribution is 6.05. The molecule has 3 N–H and O–H groups in total. The van der Waals surface area contributed by atoms with Crippen molar-refractivity contribution in [3.05, 3.63) is 35.3 Å². The lowest BCUT2D eigenvalue weighted by Crippen LogP contribution is -2.15. The Morgan fingerprint density at radius 1 is 1.17 bits per heavy atom. The van der Waals surface area contributed by atoms with Crippen LogP contribution in [0.3, 0.4) is 0 Å². The Labute approximate surface area is 97.5 Å². The Kier molecular flexibility index (Phi) is 2.88. The van der Waals surface area contributed by atoms with Crippen LogP contribution in [-0.2, 0) is 0 Å². The van der Waals surface area contributed by atoms with Crippen molar-refractivity contribution in [3.8, 4) is 0 Å². The summed E-state index contributed by atoms with van der Waals surface area (Å²) in [4.78, 5) is 11.5. The summed E-state index contributed by atoms with van der Waals surface area (Å²) in [6, 6.07) is 0.793. The molecule has 0 bridgehead atoms. The van der Waals surface area contributed by atoms with Crippen molar-refractivity contribution < 1.29 is 22.6 Å². The van der Waals surface area contributed by atoms with Gasteiger partial charge in [-0.25, -0.2) is 17.8 Å². The number of aromatic nitrogens is 2. The number of halogens is 3. The van der Waals surface area contributed by atoms with Gasteiger partial charge in [-0.2, -0.15) is 0 Å². The molecule has 1 amide bonds. The van der Waals surface area contributed by atoms with Gasteiger partial charge in [0.1, 0.15) is 5.82 Å². The van der Waals surface area contributed by atoms with Gasteiger partial charge in [-0.3, -0.25) is 4.79 Å². The van der Waals surface area contributed by atoms with E-state index in [4.69, 9.17) is 5.73 Å². The molecule has 94 valence electrons. The summed E-state index contributed by atoms with van der Waals surface area (Å²) in [5.74, 6) is -5.09. The van der Waals surface area contributed by atoms with Gasteiger partial charge < -0.3 is 11.1 Å². The van der Waals surface area contributed by atoms with Crippen LogP contribution in [0.2, 0.25) is 0 Å². The lowest BCUT2D eigenvalue weighted by Gasteiger charge is -2.05. The summed E-state index contributed by atoms with van der Waals surface area (Å²) in [7, 11) is 0. The Morgan fingerprint density at radius 2 is 1.83 bits per heavy atom. The number of hydrogen-bond acceptors (Lipinski definition) is 5. The molecule has 0 aliphatic rings. The molecule has 1 aromatic heterocycles. The first-order valence-electron chi connectivity index (χ1n) is 4.53. The van der Waals surface area contributed by atoms with Gasteiger partial charge in [0.2, 0.25) is 11.5 Å². The minimum atomic E-state index is -1.37. The smallest absolute Gasteiger partial charge is 0.281 e. The third kappa shape index (κ3) is 2.10. The summed E-state index contributed by atoms with van der Waals surface area (Å²) < 4.78 is 42.9. The van der Waals surface area contributed by atoms with Gasteiger partial charge in [-0.05, 0) is 10.3 Å². The maximum atomic E-state index is 13.2. The van der Waals surface area contributed by atoms with Crippen LogP contribution in [0.1, 0.15) is 10.5 Å². The average molecular weight is 258 g/mol. The van der Waals surface area contributed by atoms with Crippen LogP contribution in [0.5, 0.6) is 0 Å². The summed E-state index contributed by atoms with van der Waals surface area (Å²) in [5.41, 5.74) is 4.29. The fourth-order valence-corrected chi connectivity index (χ4v) is 1.15. The summed E-state index contributed by atoms with van der Waals surface area (Å²) in [6.45, 7) is 0. The van der Waals surface area contributed by atoms with Crippen LogP contribution in [0.25, 0.3) is 0 Å². The minimum Gasteiger partial charge on any atom is -0.379 e. The zero-order valence-electron chi connectivity index (χ0n) is 8.58. The molecule has 0 aliphatic carbocycles. The van der Waals surface area contributed by atoms with E-state index in [-0.39, 0.29) is 11.5 Å². The van der Waals surface area contributed by atoms with E-state index in [2.05, 4.69) is 14.9 Å². The van der Waals surface area contributed by atoms with Crippen molar-refractivity contribution in [1.29, 1.82) is 0 Å². The van der Waals surface area contributed by atoms with Gasteiger partial charge in [-0.1, -0.05) is 0 Å². The standard InChI is InChI=1S/C9H5F3N4O2/c10-3-1-5(12)6(2-4(3)11)14-9(17)7-8(13)16-18-15-7/h1-2H,(H2,13,16)(H,14,17). The van der Waals surface area contributed by atoms with Crippen LogP contribution < -0.4 is 11.1 Å². The van der Waals surface area contributed by atoms with Crippen molar-refractivity contribution in [2.45, 2.75) is 0 Å². The lowest BCUT2D eigenvalue weighted by molar-refractivity contribution is 0.101. The molecular weight excluding hydrogens is 253 g/mol.